The molecule has 0 aromatic rings. The van der Waals surface area contributed by atoms with Crippen molar-refractivity contribution in [1.29, 1.82) is 0 Å². The fourth-order valence-corrected chi connectivity index (χ4v) is 3.00. The summed E-state index contributed by atoms with van der Waals surface area (Å²) in [6.07, 6.45) is 3.99. The van der Waals surface area contributed by atoms with E-state index in [1.165, 1.54) is 0 Å². The van der Waals surface area contributed by atoms with Crippen molar-refractivity contribution in [3.63, 3.8) is 0 Å². The van der Waals surface area contributed by atoms with Crippen molar-refractivity contribution in [1.82, 2.24) is 10.2 Å². The number of ether oxygens (including phenoxy) is 1. The van der Waals surface area contributed by atoms with E-state index in [4.69, 9.17) is 4.74 Å². The first-order valence-electron chi connectivity index (χ1n) is 7.23. The Hall–Kier alpha value is -0.610. The first-order valence-corrected chi connectivity index (χ1v) is 7.23. The Balaban J connectivity index is 2.68. The molecule has 106 valence electrons. The van der Waals surface area contributed by atoms with Gasteiger partial charge in [-0.15, -0.1) is 0 Å². The maximum Gasteiger partial charge on any atom is 0.326 e. The number of nitrogens with zero attached hydrogens (tertiary/aromatic N) is 1. The van der Waals surface area contributed by atoms with Gasteiger partial charge in [-0.25, -0.2) is 0 Å². The average molecular weight is 256 g/mol. The van der Waals surface area contributed by atoms with Crippen molar-refractivity contribution >= 4 is 5.97 Å². The van der Waals surface area contributed by atoms with E-state index in [1.54, 1.807) is 0 Å². The van der Waals surface area contributed by atoms with Crippen LogP contribution in [0.15, 0.2) is 0 Å². The lowest BCUT2D eigenvalue weighted by Crippen LogP contribution is -2.50. The van der Waals surface area contributed by atoms with Crippen LogP contribution in [0, 0.1) is 0 Å². The molecule has 4 heteroatoms. The first-order chi connectivity index (χ1) is 8.63. The maximum absolute atomic E-state index is 12.1. The second-order valence-electron chi connectivity index (χ2n) is 5.08. The Labute approximate surface area is 111 Å². The molecule has 1 aliphatic carbocycles. The van der Waals surface area contributed by atoms with Crippen molar-refractivity contribution in [3.8, 4) is 0 Å². The smallest absolute Gasteiger partial charge is 0.326 e. The van der Waals surface area contributed by atoms with E-state index in [2.05, 4.69) is 24.1 Å². The first kappa shape index (κ1) is 15.4. The van der Waals surface area contributed by atoms with Crippen LogP contribution in [0.3, 0.4) is 0 Å². The molecular formula is C14H28N2O2. The highest BCUT2D eigenvalue weighted by molar-refractivity contribution is 5.81. The van der Waals surface area contributed by atoms with Gasteiger partial charge in [-0.05, 0) is 52.7 Å². The predicted molar refractivity (Wildman–Crippen MR) is 73.6 cm³/mol. The summed E-state index contributed by atoms with van der Waals surface area (Å²) in [6, 6.07) is 0.506. The largest absolute Gasteiger partial charge is 0.465 e. The summed E-state index contributed by atoms with van der Waals surface area (Å²) in [7, 11) is 1.87. The van der Waals surface area contributed by atoms with Gasteiger partial charge in [0.2, 0.25) is 0 Å². The number of esters is 1. The maximum atomic E-state index is 12.1. The van der Waals surface area contributed by atoms with Crippen molar-refractivity contribution < 1.29 is 9.53 Å². The molecule has 0 saturated heterocycles. The monoisotopic (exact) mass is 256 g/mol. The van der Waals surface area contributed by atoms with Crippen LogP contribution in [0.4, 0.5) is 0 Å². The molecule has 0 bridgehead atoms. The van der Waals surface area contributed by atoms with Gasteiger partial charge >= 0.3 is 5.97 Å². The molecule has 2 unspecified atom stereocenters. The highest BCUT2D eigenvalue weighted by Crippen LogP contribution is 2.34. The molecule has 4 nitrogen and oxygen atoms in total. The van der Waals surface area contributed by atoms with E-state index in [-0.39, 0.29) is 5.97 Å². The van der Waals surface area contributed by atoms with E-state index >= 15 is 0 Å². The molecule has 0 aromatic carbocycles. The van der Waals surface area contributed by atoms with Crippen LogP contribution in [-0.4, -0.2) is 49.2 Å². The molecule has 1 rings (SSSR count). The SMILES string of the molecule is CCCN(CC)C1CCC(NC)(C(=O)OCC)C1. The Morgan fingerprint density at radius 3 is 2.67 bits per heavy atom. The molecule has 1 aliphatic rings. The lowest BCUT2D eigenvalue weighted by molar-refractivity contribution is -0.151. The van der Waals surface area contributed by atoms with Gasteiger partial charge in [0.25, 0.3) is 0 Å². The summed E-state index contributed by atoms with van der Waals surface area (Å²) >= 11 is 0. The topological polar surface area (TPSA) is 41.6 Å². The molecule has 0 amide bonds. The third kappa shape index (κ3) is 3.23. The zero-order valence-corrected chi connectivity index (χ0v) is 12.3. The van der Waals surface area contributed by atoms with Crippen LogP contribution < -0.4 is 5.32 Å². The standard InChI is InChI=1S/C14H28N2O2/c1-5-10-16(6-2)12-8-9-14(11-12,15-4)13(17)18-7-3/h12,15H,5-11H2,1-4H3. The van der Waals surface area contributed by atoms with E-state index in [0.717, 1.165) is 38.8 Å². The zero-order chi connectivity index (χ0) is 13.6. The number of likely N-dealkylation sites (N-methyl/N-ethyl adjacent to an activating group) is 1. The van der Waals surface area contributed by atoms with Crippen LogP contribution in [0.1, 0.15) is 46.5 Å². The number of nitrogens with one attached hydrogen (secondary N) is 1. The summed E-state index contributed by atoms with van der Waals surface area (Å²) in [4.78, 5) is 14.6. The summed E-state index contributed by atoms with van der Waals surface area (Å²) in [6.45, 7) is 8.89. The normalized spacial score (nSPS) is 27.7. The van der Waals surface area contributed by atoms with Crippen LogP contribution in [-0.2, 0) is 9.53 Å². The van der Waals surface area contributed by atoms with Crippen molar-refractivity contribution in [2.24, 2.45) is 0 Å². The minimum Gasteiger partial charge on any atom is -0.465 e. The lowest BCUT2D eigenvalue weighted by atomic mass is 9.97. The molecule has 18 heavy (non-hydrogen) atoms. The molecule has 1 N–H and O–H groups in total. The van der Waals surface area contributed by atoms with E-state index in [1.807, 2.05) is 14.0 Å². The third-order valence-electron chi connectivity index (χ3n) is 4.07. The van der Waals surface area contributed by atoms with Gasteiger partial charge in [0.1, 0.15) is 5.54 Å². The average Bonchev–Trinajstić information content (AvgIpc) is 2.82. The Bertz CT molecular complexity index is 271. The number of carbonyl (C=O) groups excluding carboxylic acids is 1. The van der Waals surface area contributed by atoms with Gasteiger partial charge in [0.05, 0.1) is 6.61 Å². The van der Waals surface area contributed by atoms with Crippen LogP contribution in [0.2, 0.25) is 0 Å². The Morgan fingerprint density at radius 1 is 1.44 bits per heavy atom. The van der Waals surface area contributed by atoms with E-state index < -0.39 is 5.54 Å². The zero-order valence-electron chi connectivity index (χ0n) is 12.3. The molecule has 0 radical (unpaired) electrons. The van der Waals surface area contributed by atoms with Gasteiger partial charge in [0, 0.05) is 6.04 Å². The highest BCUT2D eigenvalue weighted by Gasteiger charge is 2.46. The lowest BCUT2D eigenvalue weighted by Gasteiger charge is -2.30. The van der Waals surface area contributed by atoms with Gasteiger partial charge in [-0.3, -0.25) is 4.79 Å². The molecule has 0 spiro atoms. The predicted octanol–water partition coefficient (Wildman–Crippen LogP) is 1.79. The number of hydrogen-bond acceptors (Lipinski definition) is 4. The molecule has 1 saturated carbocycles. The summed E-state index contributed by atoms with van der Waals surface area (Å²) in [5.74, 6) is -0.0810. The van der Waals surface area contributed by atoms with Crippen LogP contribution in [0.25, 0.3) is 0 Å². The van der Waals surface area contributed by atoms with Gasteiger partial charge in [0.15, 0.2) is 0 Å². The molecule has 0 aliphatic heterocycles. The Kier molecular flexibility index (Phi) is 6.09. The van der Waals surface area contributed by atoms with Gasteiger partial charge in [-0.1, -0.05) is 13.8 Å². The number of rotatable bonds is 7. The second-order valence-corrected chi connectivity index (χ2v) is 5.08. The second kappa shape index (κ2) is 7.10. The number of carbonyl (C=O) groups is 1. The molecule has 0 heterocycles. The molecule has 1 fully saturated rings. The van der Waals surface area contributed by atoms with Crippen molar-refractivity contribution in [2.75, 3.05) is 26.7 Å². The fraction of sp³-hybridized carbons (Fsp3) is 0.929. The summed E-state index contributed by atoms with van der Waals surface area (Å²) in [5.41, 5.74) is -0.457. The Morgan fingerprint density at radius 2 is 2.17 bits per heavy atom. The molecule has 0 aromatic heterocycles. The van der Waals surface area contributed by atoms with E-state index in [9.17, 15) is 4.79 Å². The van der Waals surface area contributed by atoms with Gasteiger partial charge in [-0.2, -0.15) is 0 Å². The summed E-state index contributed by atoms with van der Waals surface area (Å²) in [5, 5.41) is 3.21. The highest BCUT2D eigenvalue weighted by atomic mass is 16.5. The van der Waals surface area contributed by atoms with E-state index in [0.29, 0.717) is 12.6 Å². The van der Waals surface area contributed by atoms with Crippen molar-refractivity contribution in [3.05, 3.63) is 0 Å². The quantitative estimate of drug-likeness (QED) is 0.705. The minimum absolute atomic E-state index is 0.0810. The minimum atomic E-state index is -0.457. The van der Waals surface area contributed by atoms with Crippen LogP contribution >= 0.6 is 0 Å². The summed E-state index contributed by atoms with van der Waals surface area (Å²) < 4.78 is 5.22. The van der Waals surface area contributed by atoms with Crippen molar-refractivity contribution in [2.45, 2.75) is 58.0 Å². The molecular weight excluding hydrogens is 228 g/mol. The molecule has 2 atom stereocenters. The fourth-order valence-electron chi connectivity index (χ4n) is 3.00. The third-order valence-corrected chi connectivity index (χ3v) is 4.07. The van der Waals surface area contributed by atoms with Crippen LogP contribution in [0.5, 0.6) is 0 Å². The number of hydrogen-bond donors (Lipinski definition) is 1. The van der Waals surface area contributed by atoms with Gasteiger partial charge < -0.3 is 15.0 Å².